The Labute approximate surface area is 87.8 Å². The van der Waals surface area contributed by atoms with Crippen LogP contribution in [0.5, 0.6) is 0 Å². The molecule has 0 aromatic rings. The van der Waals surface area contributed by atoms with Crippen molar-refractivity contribution in [3.05, 3.63) is 24.3 Å². The second kappa shape index (κ2) is 4.38. The van der Waals surface area contributed by atoms with Gasteiger partial charge in [-0.3, -0.25) is 4.99 Å². The zero-order valence-electron chi connectivity index (χ0n) is 7.64. The van der Waals surface area contributed by atoms with Crippen LogP contribution in [0, 0.1) is 5.92 Å². The van der Waals surface area contributed by atoms with Crippen LogP contribution in [0.15, 0.2) is 29.3 Å². The first kappa shape index (κ1) is 9.41. The number of hydrogen-bond donors (Lipinski definition) is 0. The number of allylic oxidation sites excluding steroid dienone is 4. The highest BCUT2D eigenvalue weighted by molar-refractivity contribution is 8.39. The van der Waals surface area contributed by atoms with Crippen LogP contribution in [0.2, 0.25) is 0 Å². The fourth-order valence-corrected chi connectivity index (χ4v) is 3.73. The summed E-state index contributed by atoms with van der Waals surface area (Å²) >= 11 is 3.81. The third-order valence-electron chi connectivity index (χ3n) is 2.16. The quantitative estimate of drug-likeness (QED) is 0.696. The molecule has 70 valence electrons. The summed E-state index contributed by atoms with van der Waals surface area (Å²) in [5, 5.41) is 0.624. The van der Waals surface area contributed by atoms with E-state index in [1.807, 2.05) is 23.5 Å². The summed E-state index contributed by atoms with van der Waals surface area (Å²) < 4.78 is 1.28. The Morgan fingerprint density at radius 2 is 2.31 bits per heavy atom. The molecule has 1 atom stereocenters. The fourth-order valence-electron chi connectivity index (χ4n) is 1.39. The molecule has 13 heavy (non-hydrogen) atoms. The van der Waals surface area contributed by atoms with Gasteiger partial charge in [-0.15, -0.1) is 0 Å². The monoisotopic (exact) mass is 211 g/mol. The molecule has 0 bridgehead atoms. The van der Waals surface area contributed by atoms with Crippen LogP contribution in [-0.4, -0.2) is 21.9 Å². The van der Waals surface area contributed by atoms with Crippen molar-refractivity contribution in [2.45, 2.75) is 12.2 Å². The van der Waals surface area contributed by atoms with Crippen molar-refractivity contribution in [3.63, 3.8) is 0 Å². The number of rotatable bonds is 2. The highest BCUT2D eigenvalue weighted by Crippen LogP contribution is 2.31. The summed E-state index contributed by atoms with van der Waals surface area (Å²) in [6.45, 7) is 3.28. The minimum Gasteiger partial charge on any atom is -0.271 e. The maximum atomic E-state index is 4.44. The Morgan fingerprint density at radius 1 is 1.54 bits per heavy atom. The summed E-state index contributed by atoms with van der Waals surface area (Å²) in [4.78, 5) is 4.44. The molecule has 0 spiro atoms. The smallest absolute Gasteiger partial charge is 0.124 e. The maximum Gasteiger partial charge on any atom is 0.124 e. The van der Waals surface area contributed by atoms with E-state index in [-0.39, 0.29) is 0 Å². The summed E-state index contributed by atoms with van der Waals surface area (Å²) in [5.74, 6) is 1.78. The van der Waals surface area contributed by atoms with Gasteiger partial charge in [0.25, 0.3) is 0 Å². The lowest BCUT2D eigenvalue weighted by molar-refractivity contribution is 0.808. The van der Waals surface area contributed by atoms with E-state index >= 15 is 0 Å². The van der Waals surface area contributed by atoms with E-state index in [9.17, 15) is 0 Å². The lowest BCUT2D eigenvalue weighted by Crippen LogP contribution is -2.08. The van der Waals surface area contributed by atoms with Gasteiger partial charge in [-0.25, -0.2) is 0 Å². The molecule has 0 amide bonds. The van der Waals surface area contributed by atoms with Crippen LogP contribution in [0.1, 0.15) is 6.92 Å². The lowest BCUT2D eigenvalue weighted by atomic mass is 10.1. The van der Waals surface area contributed by atoms with Crippen molar-refractivity contribution in [1.29, 1.82) is 0 Å². The molecule has 1 aliphatic carbocycles. The highest BCUT2D eigenvalue weighted by atomic mass is 32.2. The predicted octanol–water partition coefficient (Wildman–Crippen LogP) is 2.95. The Hall–Kier alpha value is -0.150. The number of hydrogen-bond acceptors (Lipinski definition) is 3. The van der Waals surface area contributed by atoms with Crippen LogP contribution in [0.4, 0.5) is 0 Å². The molecule has 0 saturated carbocycles. The summed E-state index contributed by atoms with van der Waals surface area (Å²) in [5.41, 5.74) is 0. The minimum atomic E-state index is 0.605. The van der Waals surface area contributed by atoms with Crippen LogP contribution in [0.25, 0.3) is 0 Å². The molecule has 0 fully saturated rings. The van der Waals surface area contributed by atoms with Crippen LogP contribution in [0.3, 0.4) is 0 Å². The van der Waals surface area contributed by atoms with Gasteiger partial charge in [0.05, 0.1) is 6.54 Å². The fraction of sp³-hybridized carbons (Fsp3) is 0.500. The second-order valence-corrected chi connectivity index (χ2v) is 5.87. The Bertz CT molecular complexity index is 256. The van der Waals surface area contributed by atoms with Crippen molar-refractivity contribution in [3.8, 4) is 0 Å². The lowest BCUT2D eigenvalue weighted by Gasteiger charge is -2.14. The summed E-state index contributed by atoms with van der Waals surface area (Å²) in [6.07, 6.45) is 8.78. The molecule has 1 nitrogen and oxygen atoms in total. The van der Waals surface area contributed by atoms with Gasteiger partial charge in [-0.05, 0) is 0 Å². The molecule has 2 aliphatic rings. The van der Waals surface area contributed by atoms with Crippen LogP contribution < -0.4 is 0 Å². The first-order chi connectivity index (χ1) is 6.36. The first-order valence-corrected chi connectivity index (χ1v) is 6.42. The summed E-state index contributed by atoms with van der Waals surface area (Å²) in [6, 6.07) is 0. The molecule has 1 heterocycles. The van der Waals surface area contributed by atoms with Crippen molar-refractivity contribution in [2.24, 2.45) is 10.9 Å². The van der Waals surface area contributed by atoms with E-state index in [2.05, 4.69) is 36.2 Å². The first-order valence-electron chi connectivity index (χ1n) is 4.55. The molecule has 2 rings (SSSR count). The van der Waals surface area contributed by atoms with Gasteiger partial charge in [-0.1, -0.05) is 54.8 Å². The predicted molar refractivity (Wildman–Crippen MR) is 63.6 cm³/mol. The van der Waals surface area contributed by atoms with Crippen molar-refractivity contribution >= 4 is 27.9 Å². The van der Waals surface area contributed by atoms with Gasteiger partial charge in [0, 0.05) is 16.9 Å². The van der Waals surface area contributed by atoms with E-state index in [1.165, 1.54) is 10.1 Å². The number of nitrogens with zero attached hydrogens (tertiary/aromatic N) is 1. The highest BCUT2D eigenvalue weighted by Gasteiger charge is 2.18. The van der Waals surface area contributed by atoms with Crippen molar-refractivity contribution in [2.75, 3.05) is 12.3 Å². The molecule has 1 aliphatic heterocycles. The molecule has 0 saturated heterocycles. The largest absolute Gasteiger partial charge is 0.271 e. The SMILES string of the molecule is CC(SC1=NCCS1)C1C=CC=C1. The number of thioether (sulfide) groups is 2. The van der Waals surface area contributed by atoms with Crippen LogP contribution >= 0.6 is 23.5 Å². The third kappa shape index (κ3) is 2.41. The average molecular weight is 211 g/mol. The number of aliphatic imine (C=N–C) groups is 1. The third-order valence-corrected chi connectivity index (χ3v) is 4.59. The molecular formula is C10H13NS2. The van der Waals surface area contributed by atoms with E-state index < -0.39 is 0 Å². The molecule has 3 heteroatoms. The standard InChI is InChI=1S/C10H13NS2/c1-8(9-4-2-3-5-9)13-10-11-6-7-12-10/h2-5,8-9H,6-7H2,1H3. The molecule has 0 aromatic carbocycles. The maximum absolute atomic E-state index is 4.44. The van der Waals surface area contributed by atoms with E-state index in [0.29, 0.717) is 11.2 Å². The van der Waals surface area contributed by atoms with Gasteiger partial charge in [0.2, 0.25) is 0 Å². The van der Waals surface area contributed by atoms with Gasteiger partial charge in [0.1, 0.15) is 4.38 Å². The molecule has 1 unspecified atom stereocenters. The molecule has 0 N–H and O–H groups in total. The zero-order chi connectivity index (χ0) is 9.10. The Kier molecular flexibility index (Phi) is 3.17. The topological polar surface area (TPSA) is 12.4 Å². The molecular weight excluding hydrogens is 198 g/mol. The Balaban J connectivity index is 1.87. The summed E-state index contributed by atoms with van der Waals surface area (Å²) in [7, 11) is 0. The normalized spacial score (nSPS) is 23.9. The minimum absolute atomic E-state index is 0.605. The van der Waals surface area contributed by atoms with Crippen LogP contribution in [-0.2, 0) is 0 Å². The van der Waals surface area contributed by atoms with E-state index in [1.54, 1.807) is 0 Å². The van der Waals surface area contributed by atoms with Gasteiger partial charge >= 0.3 is 0 Å². The van der Waals surface area contributed by atoms with Gasteiger partial charge in [0.15, 0.2) is 0 Å². The molecule has 0 aromatic heterocycles. The van der Waals surface area contributed by atoms with Gasteiger partial charge < -0.3 is 0 Å². The molecule has 0 radical (unpaired) electrons. The second-order valence-electron chi connectivity index (χ2n) is 3.17. The van der Waals surface area contributed by atoms with Crippen molar-refractivity contribution < 1.29 is 0 Å². The zero-order valence-corrected chi connectivity index (χ0v) is 9.28. The van der Waals surface area contributed by atoms with E-state index in [0.717, 1.165) is 6.54 Å². The Morgan fingerprint density at radius 3 is 2.92 bits per heavy atom. The van der Waals surface area contributed by atoms with Gasteiger partial charge in [-0.2, -0.15) is 0 Å². The van der Waals surface area contributed by atoms with Crippen molar-refractivity contribution in [1.82, 2.24) is 0 Å². The average Bonchev–Trinajstić information content (AvgIpc) is 2.74. The van der Waals surface area contributed by atoms with E-state index in [4.69, 9.17) is 0 Å².